The molecule has 0 bridgehead atoms. The number of thiophene rings is 1. The van der Waals surface area contributed by atoms with E-state index in [1.165, 1.54) is 11.3 Å². The Kier molecular flexibility index (Phi) is 4.41. The van der Waals surface area contributed by atoms with Crippen LogP contribution in [0.1, 0.15) is 10.4 Å². The fourth-order valence-electron chi connectivity index (χ4n) is 2.20. The molecule has 0 aliphatic heterocycles. The Morgan fingerprint density at radius 3 is 2.74 bits per heavy atom. The van der Waals surface area contributed by atoms with E-state index in [1.807, 2.05) is 42.5 Å². The summed E-state index contributed by atoms with van der Waals surface area (Å²) < 4.78 is 12.0. The highest BCUT2D eigenvalue weighted by molar-refractivity contribution is 7.20. The smallest absolute Gasteiger partial charge is 0.137 e. The van der Waals surface area contributed by atoms with E-state index in [0.717, 1.165) is 26.3 Å². The van der Waals surface area contributed by atoms with Crippen LogP contribution in [0.15, 0.2) is 42.5 Å². The highest BCUT2D eigenvalue weighted by Crippen LogP contribution is 2.30. The molecule has 118 valence electrons. The zero-order valence-corrected chi connectivity index (χ0v) is 14.0. The van der Waals surface area contributed by atoms with E-state index in [-0.39, 0.29) is 5.84 Å². The molecule has 3 aromatic rings. The van der Waals surface area contributed by atoms with Crippen LogP contribution in [0.5, 0.6) is 11.5 Å². The number of nitrogens with one attached hydrogen (secondary N) is 1. The number of nitrogens with two attached hydrogens (primary N) is 1. The van der Waals surface area contributed by atoms with Crippen molar-refractivity contribution in [2.24, 2.45) is 5.73 Å². The van der Waals surface area contributed by atoms with Gasteiger partial charge in [0.2, 0.25) is 0 Å². The van der Waals surface area contributed by atoms with Crippen LogP contribution in [0.25, 0.3) is 10.1 Å². The van der Waals surface area contributed by atoms with Crippen molar-refractivity contribution in [3.8, 4) is 11.5 Å². The van der Waals surface area contributed by atoms with Crippen molar-refractivity contribution in [2.75, 3.05) is 7.11 Å². The average molecular weight is 347 g/mol. The minimum absolute atomic E-state index is 0.0848. The fraction of sp³-hybridized carbons (Fsp3) is 0.118. The predicted molar refractivity (Wildman–Crippen MR) is 95.2 cm³/mol. The van der Waals surface area contributed by atoms with Crippen LogP contribution in [0.2, 0.25) is 5.02 Å². The molecule has 2 aromatic carbocycles. The van der Waals surface area contributed by atoms with Gasteiger partial charge in [-0.25, -0.2) is 0 Å². The molecule has 4 nitrogen and oxygen atoms in total. The largest absolute Gasteiger partial charge is 0.495 e. The van der Waals surface area contributed by atoms with Crippen LogP contribution in [-0.4, -0.2) is 12.9 Å². The number of halogens is 1. The summed E-state index contributed by atoms with van der Waals surface area (Å²) in [5.41, 5.74) is 6.49. The van der Waals surface area contributed by atoms with E-state index in [4.69, 9.17) is 32.2 Å². The first-order valence-electron chi connectivity index (χ1n) is 6.90. The molecule has 0 amide bonds. The molecule has 0 saturated heterocycles. The summed E-state index contributed by atoms with van der Waals surface area (Å²) in [5, 5.41) is 9.12. The normalized spacial score (nSPS) is 10.7. The van der Waals surface area contributed by atoms with Crippen molar-refractivity contribution >= 4 is 38.9 Å². The van der Waals surface area contributed by atoms with Crippen LogP contribution < -0.4 is 15.2 Å². The topological polar surface area (TPSA) is 68.3 Å². The van der Waals surface area contributed by atoms with Crippen LogP contribution in [-0.2, 0) is 6.61 Å². The summed E-state index contributed by atoms with van der Waals surface area (Å²) >= 11 is 7.59. The first-order chi connectivity index (χ1) is 11.1. The van der Waals surface area contributed by atoms with Gasteiger partial charge in [-0.15, -0.1) is 11.3 Å². The number of methoxy groups -OCH3 is 1. The standard InChI is InChI=1S/C17H15ClN2O2S/c1-21-14-5-2-10(6-13(14)18)9-22-12-4-3-11-7-16(17(19)20)23-15(11)8-12/h2-8H,9H2,1H3,(H3,19,20). The fourth-order valence-corrected chi connectivity index (χ4v) is 3.43. The van der Waals surface area contributed by atoms with Crippen LogP contribution in [0.3, 0.4) is 0 Å². The van der Waals surface area contributed by atoms with Crippen molar-refractivity contribution in [3.63, 3.8) is 0 Å². The highest BCUT2D eigenvalue weighted by Gasteiger charge is 2.06. The molecule has 23 heavy (non-hydrogen) atoms. The Morgan fingerprint density at radius 2 is 2.04 bits per heavy atom. The van der Waals surface area contributed by atoms with Gasteiger partial charge in [0.05, 0.1) is 17.0 Å². The van der Waals surface area contributed by atoms with Crippen LogP contribution in [0.4, 0.5) is 0 Å². The third-order valence-corrected chi connectivity index (χ3v) is 4.81. The molecule has 0 unspecified atom stereocenters. The Morgan fingerprint density at radius 1 is 1.22 bits per heavy atom. The summed E-state index contributed by atoms with van der Waals surface area (Å²) in [4.78, 5) is 0.763. The average Bonchev–Trinajstić information content (AvgIpc) is 2.96. The lowest BCUT2D eigenvalue weighted by Gasteiger charge is -2.08. The number of nitrogen functional groups attached to an aromatic ring is 1. The second kappa shape index (κ2) is 6.48. The molecule has 0 atom stereocenters. The zero-order chi connectivity index (χ0) is 16.4. The molecule has 0 spiro atoms. The van der Waals surface area contributed by atoms with E-state index >= 15 is 0 Å². The molecule has 3 N–H and O–H groups in total. The molecule has 0 fully saturated rings. The van der Waals surface area contributed by atoms with Crippen molar-refractivity contribution in [1.29, 1.82) is 5.41 Å². The summed E-state index contributed by atoms with van der Waals surface area (Å²) in [5.74, 6) is 1.50. The van der Waals surface area contributed by atoms with Crippen LogP contribution >= 0.6 is 22.9 Å². The molecular formula is C17H15ClN2O2S. The maximum absolute atomic E-state index is 7.50. The number of benzene rings is 2. The van der Waals surface area contributed by atoms with Gasteiger partial charge in [0.25, 0.3) is 0 Å². The lowest BCUT2D eigenvalue weighted by atomic mass is 10.2. The molecule has 0 saturated carbocycles. The summed E-state index contributed by atoms with van der Waals surface area (Å²) in [6.45, 7) is 0.417. The second-order valence-corrected chi connectivity index (χ2v) is 6.47. The molecule has 3 rings (SSSR count). The minimum atomic E-state index is 0.0848. The Labute approximate surface area is 142 Å². The van der Waals surface area contributed by atoms with E-state index < -0.39 is 0 Å². The first-order valence-corrected chi connectivity index (χ1v) is 8.09. The number of ether oxygens (including phenoxy) is 2. The number of hydrogen-bond donors (Lipinski definition) is 2. The summed E-state index contributed by atoms with van der Waals surface area (Å²) in [7, 11) is 1.59. The third-order valence-electron chi connectivity index (χ3n) is 3.38. The lowest BCUT2D eigenvalue weighted by Crippen LogP contribution is -2.08. The Bertz CT molecular complexity index is 876. The number of rotatable bonds is 5. The number of hydrogen-bond acceptors (Lipinski definition) is 4. The van der Waals surface area contributed by atoms with Gasteiger partial charge in [0.15, 0.2) is 0 Å². The van der Waals surface area contributed by atoms with Crippen molar-refractivity contribution < 1.29 is 9.47 Å². The SMILES string of the molecule is COc1ccc(COc2ccc3cc(C(=N)N)sc3c2)cc1Cl. The van der Waals surface area contributed by atoms with Crippen molar-refractivity contribution in [2.45, 2.75) is 6.61 Å². The molecular weight excluding hydrogens is 332 g/mol. The Hall–Kier alpha value is -2.24. The van der Waals surface area contributed by atoms with Gasteiger partial charge in [0, 0.05) is 4.70 Å². The maximum Gasteiger partial charge on any atom is 0.137 e. The number of amidine groups is 1. The lowest BCUT2D eigenvalue weighted by molar-refractivity contribution is 0.306. The van der Waals surface area contributed by atoms with Gasteiger partial charge in [-0.05, 0) is 47.3 Å². The maximum atomic E-state index is 7.50. The monoisotopic (exact) mass is 346 g/mol. The van der Waals surface area contributed by atoms with Crippen LogP contribution in [0, 0.1) is 5.41 Å². The summed E-state index contributed by atoms with van der Waals surface area (Å²) in [6.07, 6.45) is 0. The molecule has 6 heteroatoms. The minimum Gasteiger partial charge on any atom is -0.495 e. The zero-order valence-electron chi connectivity index (χ0n) is 12.4. The number of fused-ring (bicyclic) bond motifs is 1. The first kappa shape index (κ1) is 15.6. The van der Waals surface area contributed by atoms with Crippen molar-refractivity contribution in [1.82, 2.24) is 0 Å². The predicted octanol–water partition coefficient (Wildman–Crippen LogP) is 4.43. The van der Waals surface area contributed by atoms with Gasteiger partial charge >= 0.3 is 0 Å². The van der Waals surface area contributed by atoms with E-state index in [2.05, 4.69) is 0 Å². The molecule has 0 aliphatic rings. The molecule has 0 aliphatic carbocycles. The molecule has 0 radical (unpaired) electrons. The third kappa shape index (κ3) is 3.41. The van der Waals surface area contributed by atoms with Gasteiger partial charge < -0.3 is 15.2 Å². The van der Waals surface area contributed by atoms with Gasteiger partial charge in [0.1, 0.15) is 23.9 Å². The van der Waals surface area contributed by atoms with Gasteiger partial charge in [-0.2, -0.15) is 0 Å². The summed E-state index contributed by atoms with van der Waals surface area (Å²) in [6, 6.07) is 13.3. The molecule has 1 heterocycles. The van der Waals surface area contributed by atoms with E-state index in [9.17, 15) is 0 Å². The van der Waals surface area contributed by atoms with Gasteiger partial charge in [-0.1, -0.05) is 17.7 Å². The highest BCUT2D eigenvalue weighted by atomic mass is 35.5. The van der Waals surface area contributed by atoms with E-state index in [1.54, 1.807) is 7.11 Å². The second-order valence-electron chi connectivity index (χ2n) is 4.98. The van der Waals surface area contributed by atoms with Gasteiger partial charge in [-0.3, -0.25) is 5.41 Å². The molecule has 1 aromatic heterocycles. The Balaban J connectivity index is 1.76. The van der Waals surface area contributed by atoms with E-state index in [0.29, 0.717) is 17.4 Å². The van der Waals surface area contributed by atoms with Crippen molar-refractivity contribution in [3.05, 3.63) is 57.9 Å². The quantitative estimate of drug-likeness (QED) is 0.530.